The highest BCUT2D eigenvalue weighted by molar-refractivity contribution is 5.33. The van der Waals surface area contributed by atoms with Crippen LogP contribution in [0.2, 0.25) is 0 Å². The third-order valence-corrected chi connectivity index (χ3v) is 3.61. The monoisotopic (exact) mass is 263 g/mol. The Kier molecular flexibility index (Phi) is 5.23. The van der Waals surface area contributed by atoms with Gasteiger partial charge in [-0.05, 0) is 45.6 Å². The largest absolute Gasteiger partial charge is 0.491 e. The van der Waals surface area contributed by atoms with Crippen LogP contribution in [0.4, 0.5) is 0 Å². The summed E-state index contributed by atoms with van der Waals surface area (Å²) >= 11 is 0. The van der Waals surface area contributed by atoms with Crippen molar-refractivity contribution in [1.82, 2.24) is 5.32 Å². The van der Waals surface area contributed by atoms with E-state index in [0.717, 1.165) is 38.0 Å². The molecule has 0 bridgehead atoms. The molecule has 0 heterocycles. The summed E-state index contributed by atoms with van der Waals surface area (Å²) in [5.74, 6) is 0.973. The van der Waals surface area contributed by atoms with Crippen LogP contribution < -0.4 is 10.1 Å². The lowest BCUT2D eigenvalue weighted by molar-refractivity contribution is 0.116. The van der Waals surface area contributed by atoms with E-state index in [4.69, 9.17) is 4.74 Å². The predicted octanol–water partition coefficient (Wildman–Crippen LogP) is 2.87. The zero-order chi connectivity index (χ0) is 13.7. The quantitative estimate of drug-likeness (QED) is 0.858. The van der Waals surface area contributed by atoms with Crippen molar-refractivity contribution < 1.29 is 9.84 Å². The molecule has 0 atom stereocenters. The van der Waals surface area contributed by atoms with Crippen molar-refractivity contribution in [2.75, 3.05) is 0 Å². The average molecular weight is 263 g/mol. The van der Waals surface area contributed by atoms with Crippen LogP contribution in [0.3, 0.4) is 0 Å². The molecule has 0 amide bonds. The highest BCUT2D eigenvalue weighted by Crippen LogP contribution is 2.22. The first-order valence-corrected chi connectivity index (χ1v) is 7.31. The standard InChI is InChI=1S/C16H25NO2/c1-12(2)19-16-6-4-3-5-13(16)11-17-14-7-9-15(18)10-8-14/h3-6,12,14-15,17-18H,7-11H2,1-2H3. The maximum absolute atomic E-state index is 9.51. The van der Waals surface area contributed by atoms with Crippen molar-refractivity contribution in [3.8, 4) is 5.75 Å². The fourth-order valence-corrected chi connectivity index (χ4v) is 2.55. The van der Waals surface area contributed by atoms with Gasteiger partial charge in [0, 0.05) is 18.2 Å². The van der Waals surface area contributed by atoms with E-state index in [0.29, 0.717) is 6.04 Å². The summed E-state index contributed by atoms with van der Waals surface area (Å²) in [4.78, 5) is 0. The minimum atomic E-state index is -0.0883. The third-order valence-electron chi connectivity index (χ3n) is 3.61. The SMILES string of the molecule is CC(C)Oc1ccccc1CNC1CCC(O)CC1. The lowest BCUT2D eigenvalue weighted by Gasteiger charge is -2.26. The van der Waals surface area contributed by atoms with E-state index in [9.17, 15) is 5.11 Å². The highest BCUT2D eigenvalue weighted by atomic mass is 16.5. The van der Waals surface area contributed by atoms with Crippen molar-refractivity contribution in [3.63, 3.8) is 0 Å². The van der Waals surface area contributed by atoms with Gasteiger partial charge in [-0.15, -0.1) is 0 Å². The molecule has 2 N–H and O–H groups in total. The predicted molar refractivity (Wildman–Crippen MR) is 77.3 cm³/mol. The first-order valence-electron chi connectivity index (χ1n) is 7.31. The molecule has 1 saturated carbocycles. The first-order chi connectivity index (χ1) is 9.15. The number of benzene rings is 1. The van der Waals surface area contributed by atoms with Gasteiger partial charge < -0.3 is 15.2 Å². The summed E-state index contributed by atoms with van der Waals surface area (Å²) in [6.07, 6.45) is 4.08. The third kappa shape index (κ3) is 4.51. The van der Waals surface area contributed by atoms with Gasteiger partial charge in [0.1, 0.15) is 5.75 Å². The molecule has 0 aliphatic heterocycles. The molecule has 0 saturated heterocycles. The zero-order valence-corrected chi connectivity index (χ0v) is 11.9. The van der Waals surface area contributed by atoms with Crippen molar-refractivity contribution in [1.29, 1.82) is 0 Å². The molecule has 3 heteroatoms. The number of nitrogens with one attached hydrogen (secondary N) is 1. The van der Waals surface area contributed by atoms with Crippen LogP contribution in [0.5, 0.6) is 5.75 Å². The molecule has 1 aromatic rings. The minimum Gasteiger partial charge on any atom is -0.491 e. The number of para-hydroxylation sites is 1. The Bertz CT molecular complexity index is 384. The number of rotatable bonds is 5. The van der Waals surface area contributed by atoms with Gasteiger partial charge in [0.25, 0.3) is 0 Å². The molecule has 3 nitrogen and oxygen atoms in total. The minimum absolute atomic E-state index is 0.0883. The molecule has 0 unspecified atom stereocenters. The number of aliphatic hydroxyl groups is 1. The molecule has 106 valence electrons. The second-order valence-corrected chi connectivity index (χ2v) is 5.66. The van der Waals surface area contributed by atoms with E-state index >= 15 is 0 Å². The maximum atomic E-state index is 9.51. The van der Waals surface area contributed by atoms with Crippen LogP contribution in [-0.4, -0.2) is 23.4 Å². The van der Waals surface area contributed by atoms with Gasteiger partial charge in [-0.25, -0.2) is 0 Å². The Morgan fingerprint density at radius 3 is 2.58 bits per heavy atom. The van der Waals surface area contributed by atoms with Crippen LogP contribution in [0.25, 0.3) is 0 Å². The van der Waals surface area contributed by atoms with Gasteiger partial charge in [-0.1, -0.05) is 18.2 Å². The van der Waals surface area contributed by atoms with Gasteiger partial charge in [-0.3, -0.25) is 0 Å². The van der Waals surface area contributed by atoms with Crippen LogP contribution in [0, 0.1) is 0 Å². The summed E-state index contributed by atoms with van der Waals surface area (Å²) in [6, 6.07) is 8.73. The topological polar surface area (TPSA) is 41.5 Å². The number of aliphatic hydroxyl groups excluding tert-OH is 1. The number of ether oxygens (including phenoxy) is 1. The van der Waals surface area contributed by atoms with Crippen LogP contribution >= 0.6 is 0 Å². The Hall–Kier alpha value is -1.06. The summed E-state index contributed by atoms with van der Waals surface area (Å²) < 4.78 is 5.82. The molecule has 2 rings (SSSR count). The van der Waals surface area contributed by atoms with Gasteiger partial charge in [0.15, 0.2) is 0 Å². The van der Waals surface area contributed by atoms with Crippen molar-refractivity contribution >= 4 is 0 Å². The second-order valence-electron chi connectivity index (χ2n) is 5.66. The Balaban J connectivity index is 1.88. The van der Waals surface area contributed by atoms with Crippen molar-refractivity contribution in [2.24, 2.45) is 0 Å². The molecule has 1 aliphatic rings. The normalized spacial score (nSPS) is 23.6. The van der Waals surface area contributed by atoms with E-state index in [1.54, 1.807) is 0 Å². The first kappa shape index (κ1) is 14.4. The summed E-state index contributed by atoms with van der Waals surface area (Å²) in [7, 11) is 0. The summed E-state index contributed by atoms with van der Waals surface area (Å²) in [5, 5.41) is 13.1. The van der Waals surface area contributed by atoms with Crippen molar-refractivity contribution in [3.05, 3.63) is 29.8 Å². The van der Waals surface area contributed by atoms with Crippen LogP contribution in [0.15, 0.2) is 24.3 Å². The molecule has 0 radical (unpaired) electrons. The van der Waals surface area contributed by atoms with E-state index in [1.807, 2.05) is 26.0 Å². The molecule has 1 fully saturated rings. The van der Waals surface area contributed by atoms with E-state index < -0.39 is 0 Å². The van der Waals surface area contributed by atoms with Crippen LogP contribution in [-0.2, 0) is 6.54 Å². The molecule has 1 aromatic carbocycles. The average Bonchev–Trinajstić information content (AvgIpc) is 2.39. The maximum Gasteiger partial charge on any atom is 0.124 e. The fraction of sp³-hybridized carbons (Fsp3) is 0.625. The van der Waals surface area contributed by atoms with E-state index in [1.165, 1.54) is 5.56 Å². The Morgan fingerprint density at radius 1 is 1.21 bits per heavy atom. The molecular formula is C16H25NO2. The lowest BCUT2D eigenvalue weighted by atomic mass is 9.93. The van der Waals surface area contributed by atoms with Gasteiger partial charge in [-0.2, -0.15) is 0 Å². The number of hydrogen-bond donors (Lipinski definition) is 2. The summed E-state index contributed by atoms with van der Waals surface area (Å²) in [5.41, 5.74) is 1.21. The summed E-state index contributed by atoms with van der Waals surface area (Å²) in [6.45, 7) is 4.93. The zero-order valence-electron chi connectivity index (χ0n) is 11.9. The van der Waals surface area contributed by atoms with Crippen LogP contribution in [0.1, 0.15) is 45.1 Å². The second kappa shape index (κ2) is 6.92. The van der Waals surface area contributed by atoms with Gasteiger partial charge >= 0.3 is 0 Å². The van der Waals surface area contributed by atoms with Crippen molar-refractivity contribution in [2.45, 2.75) is 64.3 Å². The highest BCUT2D eigenvalue weighted by Gasteiger charge is 2.19. The lowest BCUT2D eigenvalue weighted by Crippen LogP contribution is -2.34. The molecule has 19 heavy (non-hydrogen) atoms. The molecule has 1 aliphatic carbocycles. The molecule has 0 spiro atoms. The number of hydrogen-bond acceptors (Lipinski definition) is 3. The Labute approximate surface area is 116 Å². The molecular weight excluding hydrogens is 238 g/mol. The van der Waals surface area contributed by atoms with Gasteiger partial charge in [0.05, 0.1) is 12.2 Å². The Morgan fingerprint density at radius 2 is 1.89 bits per heavy atom. The fourth-order valence-electron chi connectivity index (χ4n) is 2.55. The van der Waals surface area contributed by atoms with E-state index in [-0.39, 0.29) is 12.2 Å². The smallest absolute Gasteiger partial charge is 0.124 e. The molecule has 0 aromatic heterocycles. The van der Waals surface area contributed by atoms with E-state index in [2.05, 4.69) is 17.4 Å². The van der Waals surface area contributed by atoms with Gasteiger partial charge in [0.2, 0.25) is 0 Å².